The summed E-state index contributed by atoms with van der Waals surface area (Å²) in [5.41, 5.74) is 2.70. The van der Waals surface area contributed by atoms with Crippen LogP contribution in [-0.2, 0) is 11.2 Å². The summed E-state index contributed by atoms with van der Waals surface area (Å²) in [7, 11) is 0. The molecule has 1 aromatic carbocycles. The summed E-state index contributed by atoms with van der Waals surface area (Å²) >= 11 is 0. The molecule has 1 unspecified atom stereocenters. The van der Waals surface area contributed by atoms with Crippen LogP contribution in [0.3, 0.4) is 0 Å². The SMILES string of the molecule is C=Cc1cc(F)cc2cc3n(c12)C(CC(=O)O)CC3. The van der Waals surface area contributed by atoms with E-state index in [0.29, 0.717) is 0 Å². The van der Waals surface area contributed by atoms with Crippen molar-refractivity contribution in [1.82, 2.24) is 4.57 Å². The molecule has 1 aliphatic heterocycles. The molecule has 2 heterocycles. The average molecular weight is 259 g/mol. The highest BCUT2D eigenvalue weighted by atomic mass is 19.1. The smallest absolute Gasteiger partial charge is 0.305 e. The maximum atomic E-state index is 13.5. The van der Waals surface area contributed by atoms with Gasteiger partial charge in [0, 0.05) is 22.7 Å². The Bertz CT molecular complexity index is 687. The van der Waals surface area contributed by atoms with Gasteiger partial charge < -0.3 is 9.67 Å². The lowest BCUT2D eigenvalue weighted by molar-refractivity contribution is -0.137. The van der Waals surface area contributed by atoms with Crippen LogP contribution in [0.4, 0.5) is 4.39 Å². The van der Waals surface area contributed by atoms with Crippen molar-refractivity contribution in [2.24, 2.45) is 0 Å². The zero-order valence-corrected chi connectivity index (χ0v) is 10.4. The Labute approximate surface area is 110 Å². The summed E-state index contributed by atoms with van der Waals surface area (Å²) < 4.78 is 15.5. The van der Waals surface area contributed by atoms with Gasteiger partial charge in [-0.15, -0.1) is 0 Å². The fourth-order valence-corrected chi connectivity index (χ4v) is 3.03. The zero-order valence-electron chi connectivity index (χ0n) is 10.4. The normalized spacial score (nSPS) is 17.6. The predicted octanol–water partition coefficient (Wildman–Crippen LogP) is 3.39. The van der Waals surface area contributed by atoms with Crippen LogP contribution in [0.1, 0.15) is 30.1 Å². The fourth-order valence-electron chi connectivity index (χ4n) is 3.03. The van der Waals surface area contributed by atoms with Crippen molar-refractivity contribution in [3.05, 3.63) is 41.9 Å². The van der Waals surface area contributed by atoms with E-state index in [4.69, 9.17) is 5.11 Å². The largest absolute Gasteiger partial charge is 0.481 e. The maximum absolute atomic E-state index is 13.5. The van der Waals surface area contributed by atoms with Crippen LogP contribution in [0, 0.1) is 5.82 Å². The van der Waals surface area contributed by atoms with Gasteiger partial charge in [-0.25, -0.2) is 4.39 Å². The Morgan fingerprint density at radius 1 is 1.53 bits per heavy atom. The van der Waals surface area contributed by atoms with Gasteiger partial charge in [-0.2, -0.15) is 0 Å². The number of fused-ring (bicyclic) bond motifs is 3. The quantitative estimate of drug-likeness (QED) is 0.918. The van der Waals surface area contributed by atoms with E-state index in [0.717, 1.165) is 35.0 Å². The maximum Gasteiger partial charge on any atom is 0.305 e. The standard InChI is InChI=1S/C15H14FNO2/c1-2-9-5-11(16)6-10-7-12-3-4-13(8-14(18)19)17(12)15(9)10/h2,5-7,13H,1,3-4,8H2,(H,18,19). The van der Waals surface area contributed by atoms with Gasteiger partial charge in [0.2, 0.25) is 0 Å². The molecule has 1 N–H and O–H groups in total. The molecule has 19 heavy (non-hydrogen) atoms. The molecule has 0 bridgehead atoms. The topological polar surface area (TPSA) is 42.2 Å². The number of nitrogens with zero attached hydrogens (tertiary/aromatic N) is 1. The third-order valence-corrected chi connectivity index (χ3v) is 3.74. The first kappa shape index (κ1) is 12.0. The lowest BCUT2D eigenvalue weighted by atomic mass is 10.1. The third kappa shape index (κ3) is 1.84. The Hall–Kier alpha value is -2.10. The first-order valence-corrected chi connectivity index (χ1v) is 6.27. The van der Waals surface area contributed by atoms with E-state index in [1.807, 2.05) is 10.6 Å². The first-order valence-electron chi connectivity index (χ1n) is 6.27. The first-order chi connectivity index (χ1) is 9.10. The van der Waals surface area contributed by atoms with E-state index in [1.165, 1.54) is 12.1 Å². The predicted molar refractivity (Wildman–Crippen MR) is 71.6 cm³/mol. The summed E-state index contributed by atoms with van der Waals surface area (Å²) in [5, 5.41) is 9.81. The van der Waals surface area contributed by atoms with Crippen molar-refractivity contribution in [1.29, 1.82) is 0 Å². The van der Waals surface area contributed by atoms with Crippen LogP contribution in [-0.4, -0.2) is 15.6 Å². The van der Waals surface area contributed by atoms with Crippen LogP contribution < -0.4 is 0 Å². The second-order valence-corrected chi connectivity index (χ2v) is 4.93. The van der Waals surface area contributed by atoms with Crippen molar-refractivity contribution < 1.29 is 14.3 Å². The number of halogens is 1. The van der Waals surface area contributed by atoms with Gasteiger partial charge >= 0.3 is 5.97 Å². The number of carboxylic acids is 1. The highest BCUT2D eigenvalue weighted by Gasteiger charge is 2.27. The van der Waals surface area contributed by atoms with E-state index in [-0.39, 0.29) is 18.3 Å². The molecule has 4 heteroatoms. The molecule has 1 atom stereocenters. The number of hydrogen-bond acceptors (Lipinski definition) is 1. The minimum atomic E-state index is -0.804. The highest BCUT2D eigenvalue weighted by Crippen LogP contribution is 2.37. The van der Waals surface area contributed by atoms with Gasteiger partial charge in [-0.3, -0.25) is 4.79 Å². The molecule has 0 spiro atoms. The van der Waals surface area contributed by atoms with E-state index in [1.54, 1.807) is 6.08 Å². The number of aliphatic carboxylic acids is 1. The molecule has 3 rings (SSSR count). The zero-order chi connectivity index (χ0) is 13.6. The van der Waals surface area contributed by atoms with Crippen LogP contribution in [0.5, 0.6) is 0 Å². The second kappa shape index (κ2) is 4.23. The second-order valence-electron chi connectivity index (χ2n) is 4.93. The third-order valence-electron chi connectivity index (χ3n) is 3.74. The molecule has 0 radical (unpaired) electrons. The number of carbonyl (C=O) groups is 1. The van der Waals surface area contributed by atoms with Crippen molar-refractivity contribution in [3.63, 3.8) is 0 Å². The van der Waals surface area contributed by atoms with Crippen LogP contribution >= 0.6 is 0 Å². The summed E-state index contributed by atoms with van der Waals surface area (Å²) in [5.74, 6) is -1.09. The van der Waals surface area contributed by atoms with Crippen LogP contribution in [0.25, 0.3) is 17.0 Å². The molecule has 1 aromatic heterocycles. The summed E-state index contributed by atoms with van der Waals surface area (Å²) in [6, 6.07) is 4.84. The van der Waals surface area contributed by atoms with Gasteiger partial charge in [0.15, 0.2) is 0 Å². The Balaban J connectivity index is 2.23. The average Bonchev–Trinajstić information content (AvgIpc) is 2.87. The summed E-state index contributed by atoms with van der Waals surface area (Å²) in [4.78, 5) is 10.9. The Morgan fingerprint density at radius 3 is 3.00 bits per heavy atom. The molecule has 0 amide bonds. The van der Waals surface area contributed by atoms with E-state index in [9.17, 15) is 9.18 Å². The van der Waals surface area contributed by atoms with Crippen LogP contribution in [0.2, 0.25) is 0 Å². The lowest BCUT2D eigenvalue weighted by Crippen LogP contribution is -2.10. The van der Waals surface area contributed by atoms with Gasteiger partial charge in [0.25, 0.3) is 0 Å². The van der Waals surface area contributed by atoms with Crippen molar-refractivity contribution >= 4 is 22.9 Å². The van der Waals surface area contributed by atoms with Crippen molar-refractivity contribution in [2.45, 2.75) is 25.3 Å². The van der Waals surface area contributed by atoms with Crippen LogP contribution in [0.15, 0.2) is 24.8 Å². The van der Waals surface area contributed by atoms with E-state index >= 15 is 0 Å². The minimum Gasteiger partial charge on any atom is -0.481 e. The minimum absolute atomic E-state index is 0.0471. The molecule has 3 nitrogen and oxygen atoms in total. The molecule has 0 fully saturated rings. The van der Waals surface area contributed by atoms with E-state index < -0.39 is 5.97 Å². The summed E-state index contributed by atoms with van der Waals surface area (Å²) in [6.07, 6.45) is 3.38. The number of aryl methyl sites for hydroxylation is 1. The van der Waals surface area contributed by atoms with Gasteiger partial charge in [0.1, 0.15) is 5.82 Å². The van der Waals surface area contributed by atoms with Gasteiger partial charge in [-0.05, 0) is 31.0 Å². The summed E-state index contributed by atoms with van der Waals surface area (Å²) in [6.45, 7) is 3.72. The number of aromatic nitrogens is 1. The van der Waals surface area contributed by atoms with Crippen molar-refractivity contribution in [2.75, 3.05) is 0 Å². The molecular formula is C15H14FNO2. The number of benzene rings is 1. The molecule has 0 aliphatic carbocycles. The van der Waals surface area contributed by atoms with Gasteiger partial charge in [-0.1, -0.05) is 12.7 Å². The van der Waals surface area contributed by atoms with Gasteiger partial charge in [0.05, 0.1) is 11.9 Å². The fraction of sp³-hybridized carbons (Fsp3) is 0.267. The lowest BCUT2D eigenvalue weighted by Gasteiger charge is -2.14. The Kier molecular flexibility index (Phi) is 2.66. The molecular weight excluding hydrogens is 245 g/mol. The number of rotatable bonds is 3. The molecule has 0 saturated heterocycles. The molecule has 2 aromatic rings. The van der Waals surface area contributed by atoms with Crippen molar-refractivity contribution in [3.8, 4) is 0 Å². The number of hydrogen-bond donors (Lipinski definition) is 1. The monoisotopic (exact) mass is 259 g/mol. The molecule has 1 aliphatic rings. The Morgan fingerprint density at radius 2 is 2.32 bits per heavy atom. The van der Waals surface area contributed by atoms with E-state index in [2.05, 4.69) is 6.58 Å². The molecule has 0 saturated carbocycles. The number of carboxylic acid groups (broad SMARTS) is 1. The molecule has 98 valence electrons. The highest BCUT2D eigenvalue weighted by molar-refractivity contribution is 5.90.